The number of aryl methyl sites for hydroxylation is 1. The van der Waals surface area contributed by atoms with Crippen LogP contribution in [0.25, 0.3) is 0 Å². The van der Waals surface area contributed by atoms with Crippen LogP contribution in [0.4, 0.5) is 0 Å². The Balaban J connectivity index is 1.61. The summed E-state index contributed by atoms with van der Waals surface area (Å²) < 4.78 is 18.0. The normalized spacial score (nSPS) is 11.9. The van der Waals surface area contributed by atoms with Gasteiger partial charge in [-0.05, 0) is 48.4 Å². The molecule has 0 aliphatic heterocycles. The third-order valence-electron chi connectivity index (χ3n) is 3.81. The molecule has 0 saturated heterocycles. The molecule has 2 aromatic carbocycles. The molecule has 0 fully saturated rings. The summed E-state index contributed by atoms with van der Waals surface area (Å²) >= 11 is 6.08. The minimum absolute atomic E-state index is 0.188. The van der Waals surface area contributed by atoms with Crippen LogP contribution in [0.2, 0.25) is 5.02 Å². The van der Waals surface area contributed by atoms with Crippen LogP contribution in [-0.2, 0) is 23.1 Å². The first-order chi connectivity index (χ1) is 12.5. The fourth-order valence-corrected chi connectivity index (χ4v) is 3.78. The van der Waals surface area contributed by atoms with Crippen molar-refractivity contribution >= 4 is 28.3 Å². The van der Waals surface area contributed by atoms with E-state index in [1.54, 1.807) is 18.2 Å². The maximum atomic E-state index is 12.4. The minimum atomic E-state index is -1.22. The molecule has 3 rings (SSSR count). The van der Waals surface area contributed by atoms with Crippen molar-refractivity contribution in [3.8, 4) is 0 Å². The van der Waals surface area contributed by atoms with E-state index in [1.165, 1.54) is 0 Å². The second-order valence-corrected chi connectivity index (χ2v) is 7.70. The molecule has 3 aromatic rings. The highest BCUT2D eigenvalue weighted by atomic mass is 35.5. The molecule has 6 heteroatoms. The Morgan fingerprint density at radius 2 is 1.92 bits per heavy atom. The Bertz CT molecular complexity index is 951. The number of halogens is 1. The molecule has 1 atom stereocenters. The van der Waals surface area contributed by atoms with Crippen LogP contribution in [0, 0.1) is 6.92 Å². The fraction of sp³-hybridized carbons (Fsp3) is 0.150. The van der Waals surface area contributed by atoms with Gasteiger partial charge in [0.25, 0.3) is 5.91 Å². The van der Waals surface area contributed by atoms with Gasteiger partial charge in [-0.1, -0.05) is 41.9 Å². The molecule has 0 aliphatic rings. The van der Waals surface area contributed by atoms with Gasteiger partial charge in [0.2, 0.25) is 0 Å². The summed E-state index contributed by atoms with van der Waals surface area (Å²) in [6.45, 7) is 2.26. The van der Waals surface area contributed by atoms with Gasteiger partial charge >= 0.3 is 0 Å². The van der Waals surface area contributed by atoms with Crippen LogP contribution in [0.3, 0.4) is 0 Å². The van der Waals surface area contributed by atoms with E-state index in [2.05, 4.69) is 5.32 Å². The first-order valence-electron chi connectivity index (χ1n) is 8.08. The first-order valence-corrected chi connectivity index (χ1v) is 9.78. The average Bonchev–Trinajstić information content (AvgIpc) is 3.09. The van der Waals surface area contributed by atoms with E-state index in [4.69, 9.17) is 16.0 Å². The Kier molecular flexibility index (Phi) is 5.91. The predicted molar refractivity (Wildman–Crippen MR) is 103 cm³/mol. The zero-order chi connectivity index (χ0) is 18.5. The molecule has 26 heavy (non-hydrogen) atoms. The second-order valence-electron chi connectivity index (χ2n) is 5.85. The van der Waals surface area contributed by atoms with E-state index in [-0.39, 0.29) is 17.4 Å². The number of carbonyl (C=O) groups excluding carboxylic acids is 1. The third-order valence-corrected chi connectivity index (χ3v) is 5.50. The summed E-state index contributed by atoms with van der Waals surface area (Å²) in [6.07, 6.45) is 0. The highest BCUT2D eigenvalue weighted by molar-refractivity contribution is 7.84. The van der Waals surface area contributed by atoms with Gasteiger partial charge in [-0.25, -0.2) is 0 Å². The molecule has 1 N–H and O–H groups in total. The van der Waals surface area contributed by atoms with Crippen LogP contribution >= 0.6 is 11.6 Å². The summed E-state index contributed by atoms with van der Waals surface area (Å²) in [4.78, 5) is 13.0. The van der Waals surface area contributed by atoms with Gasteiger partial charge in [-0.3, -0.25) is 9.00 Å². The fourth-order valence-electron chi connectivity index (χ4n) is 2.45. The molecule has 1 heterocycles. The van der Waals surface area contributed by atoms with E-state index in [0.717, 1.165) is 16.0 Å². The Morgan fingerprint density at radius 3 is 2.69 bits per heavy atom. The lowest BCUT2D eigenvalue weighted by molar-refractivity contribution is 0.0921. The minimum Gasteiger partial charge on any atom is -0.455 e. The van der Waals surface area contributed by atoms with Crippen molar-refractivity contribution in [1.29, 1.82) is 0 Å². The Morgan fingerprint density at radius 1 is 1.12 bits per heavy atom. The number of hydrogen-bond acceptors (Lipinski definition) is 3. The number of furan rings is 1. The maximum absolute atomic E-state index is 12.4. The predicted octanol–water partition coefficient (Wildman–Crippen LogP) is 4.48. The van der Waals surface area contributed by atoms with Crippen molar-refractivity contribution in [2.75, 3.05) is 0 Å². The number of amides is 1. The van der Waals surface area contributed by atoms with E-state index in [0.29, 0.717) is 17.3 Å². The number of carbonyl (C=O) groups is 1. The molecule has 1 unspecified atom stereocenters. The number of benzene rings is 2. The molecule has 0 saturated carbocycles. The molecular formula is C20H18ClNO3S. The van der Waals surface area contributed by atoms with Gasteiger partial charge in [-0.2, -0.15) is 0 Å². The lowest BCUT2D eigenvalue weighted by Gasteiger charge is -2.05. The summed E-state index contributed by atoms with van der Waals surface area (Å²) in [5.41, 5.74) is 1.88. The van der Waals surface area contributed by atoms with Crippen molar-refractivity contribution in [2.45, 2.75) is 24.1 Å². The van der Waals surface area contributed by atoms with Gasteiger partial charge in [0.1, 0.15) is 5.76 Å². The molecule has 0 radical (unpaired) electrons. The van der Waals surface area contributed by atoms with Crippen LogP contribution in [-0.4, -0.2) is 10.1 Å². The van der Waals surface area contributed by atoms with Crippen molar-refractivity contribution < 1.29 is 13.4 Å². The highest BCUT2D eigenvalue weighted by Gasteiger charge is 2.14. The van der Waals surface area contributed by atoms with Crippen LogP contribution in [0.15, 0.2) is 70.0 Å². The molecule has 0 aliphatic carbocycles. The van der Waals surface area contributed by atoms with Gasteiger partial charge in [0.05, 0.1) is 16.6 Å². The van der Waals surface area contributed by atoms with Crippen LogP contribution in [0.1, 0.15) is 27.4 Å². The van der Waals surface area contributed by atoms with E-state index >= 15 is 0 Å². The van der Waals surface area contributed by atoms with Gasteiger partial charge in [0.15, 0.2) is 5.76 Å². The SMILES string of the molecule is Cc1cccc(S(=O)Cc2ccc(C(=O)NCc3ccccc3Cl)o2)c1. The van der Waals surface area contributed by atoms with Gasteiger partial charge < -0.3 is 9.73 Å². The maximum Gasteiger partial charge on any atom is 0.287 e. The Labute approximate surface area is 159 Å². The van der Waals surface area contributed by atoms with E-state index in [1.807, 2.05) is 49.4 Å². The molecule has 0 spiro atoms. The highest BCUT2D eigenvalue weighted by Crippen LogP contribution is 2.17. The van der Waals surface area contributed by atoms with E-state index < -0.39 is 10.8 Å². The van der Waals surface area contributed by atoms with Crippen LogP contribution < -0.4 is 5.32 Å². The zero-order valence-corrected chi connectivity index (χ0v) is 15.8. The topological polar surface area (TPSA) is 59.3 Å². The lowest BCUT2D eigenvalue weighted by Crippen LogP contribution is -2.22. The molecule has 134 valence electrons. The number of nitrogens with one attached hydrogen (secondary N) is 1. The molecule has 1 aromatic heterocycles. The zero-order valence-electron chi connectivity index (χ0n) is 14.2. The summed E-state index contributed by atoms with van der Waals surface area (Å²) in [5, 5.41) is 3.37. The standard InChI is InChI=1S/C20H18ClNO3S/c1-14-5-4-7-17(11-14)26(24)13-16-9-10-19(25-16)20(23)22-12-15-6-2-3-8-18(15)21/h2-11H,12-13H2,1H3,(H,22,23). The molecule has 0 bridgehead atoms. The van der Waals surface area contributed by atoms with Gasteiger partial charge in [0, 0.05) is 16.5 Å². The number of hydrogen-bond donors (Lipinski definition) is 1. The smallest absolute Gasteiger partial charge is 0.287 e. The number of rotatable bonds is 6. The third kappa shape index (κ3) is 4.62. The van der Waals surface area contributed by atoms with Crippen molar-refractivity contribution in [2.24, 2.45) is 0 Å². The van der Waals surface area contributed by atoms with Crippen molar-refractivity contribution in [3.63, 3.8) is 0 Å². The van der Waals surface area contributed by atoms with Crippen molar-refractivity contribution in [3.05, 3.63) is 88.3 Å². The Hall–Kier alpha value is -2.37. The lowest BCUT2D eigenvalue weighted by atomic mass is 10.2. The second kappa shape index (κ2) is 8.34. The van der Waals surface area contributed by atoms with Crippen LogP contribution in [0.5, 0.6) is 0 Å². The average molecular weight is 388 g/mol. The summed E-state index contributed by atoms with van der Waals surface area (Å²) in [7, 11) is -1.22. The monoisotopic (exact) mass is 387 g/mol. The quantitative estimate of drug-likeness (QED) is 0.678. The van der Waals surface area contributed by atoms with Gasteiger partial charge in [-0.15, -0.1) is 0 Å². The molecule has 1 amide bonds. The first kappa shape index (κ1) is 18.4. The molecule has 4 nitrogen and oxygen atoms in total. The molecular weight excluding hydrogens is 370 g/mol. The largest absolute Gasteiger partial charge is 0.455 e. The van der Waals surface area contributed by atoms with Crippen molar-refractivity contribution in [1.82, 2.24) is 5.32 Å². The summed E-state index contributed by atoms with van der Waals surface area (Å²) in [6, 6.07) is 18.1. The summed E-state index contributed by atoms with van der Waals surface area (Å²) in [5.74, 6) is 0.583. The van der Waals surface area contributed by atoms with E-state index in [9.17, 15) is 9.00 Å².